The Bertz CT molecular complexity index is 556. The number of hydrogen-bond donors (Lipinski definition) is 1. The van der Waals surface area contributed by atoms with Crippen LogP contribution in [0, 0.1) is 11.3 Å². The van der Waals surface area contributed by atoms with Gasteiger partial charge in [-0.2, -0.15) is 5.10 Å². The highest BCUT2D eigenvalue weighted by Crippen LogP contribution is 2.45. The Morgan fingerprint density at radius 3 is 2.83 bits per heavy atom. The molecule has 23 heavy (non-hydrogen) atoms. The van der Waals surface area contributed by atoms with Crippen molar-refractivity contribution in [2.75, 3.05) is 13.1 Å². The van der Waals surface area contributed by atoms with Gasteiger partial charge < -0.3 is 10.0 Å². The molecule has 1 aliphatic carbocycles. The van der Waals surface area contributed by atoms with Crippen LogP contribution in [0.1, 0.15) is 44.9 Å². The Kier molecular flexibility index (Phi) is 4.63. The number of carbonyl (C=O) groups is 2. The van der Waals surface area contributed by atoms with Gasteiger partial charge in [0.05, 0.1) is 5.41 Å². The second kappa shape index (κ2) is 6.68. The molecule has 1 aromatic rings. The van der Waals surface area contributed by atoms with E-state index in [1.165, 1.54) is 6.33 Å². The third kappa shape index (κ3) is 3.89. The topological polar surface area (TPSA) is 88.3 Å². The van der Waals surface area contributed by atoms with Gasteiger partial charge in [0.25, 0.3) is 0 Å². The third-order valence-electron chi connectivity index (χ3n) is 5.00. The first-order valence-electron chi connectivity index (χ1n) is 8.43. The first kappa shape index (κ1) is 16.0. The lowest BCUT2D eigenvalue weighted by Crippen LogP contribution is -2.50. The van der Waals surface area contributed by atoms with Crippen molar-refractivity contribution in [2.24, 2.45) is 11.3 Å². The molecular formula is C16H24N4O3. The lowest BCUT2D eigenvalue weighted by Gasteiger charge is -2.40. The smallest absolute Gasteiger partial charge is 0.311 e. The summed E-state index contributed by atoms with van der Waals surface area (Å²) in [5.41, 5.74) is -0.721. The Morgan fingerprint density at radius 1 is 1.35 bits per heavy atom. The Morgan fingerprint density at radius 2 is 2.17 bits per heavy atom. The molecule has 126 valence electrons. The maximum absolute atomic E-state index is 12.4. The van der Waals surface area contributed by atoms with E-state index in [2.05, 4.69) is 10.1 Å². The number of likely N-dealkylation sites (tertiary alicyclic amines) is 1. The molecule has 0 bridgehead atoms. The van der Waals surface area contributed by atoms with Gasteiger partial charge in [0.2, 0.25) is 5.91 Å². The number of carbonyl (C=O) groups excluding carboxylic acids is 1. The Hall–Kier alpha value is -1.92. The molecule has 1 saturated heterocycles. The van der Waals surface area contributed by atoms with Crippen molar-refractivity contribution in [3.05, 3.63) is 12.7 Å². The predicted octanol–water partition coefficient (Wildman–Crippen LogP) is 1.55. The van der Waals surface area contributed by atoms with E-state index in [9.17, 15) is 14.7 Å². The van der Waals surface area contributed by atoms with Gasteiger partial charge in [-0.05, 0) is 31.6 Å². The van der Waals surface area contributed by atoms with E-state index >= 15 is 0 Å². The van der Waals surface area contributed by atoms with E-state index in [4.69, 9.17) is 0 Å². The molecule has 0 spiro atoms. The molecule has 3 rings (SSSR count). The third-order valence-corrected chi connectivity index (χ3v) is 5.00. The Labute approximate surface area is 135 Å². The zero-order chi connectivity index (χ0) is 16.3. The molecule has 1 aliphatic heterocycles. The van der Waals surface area contributed by atoms with Gasteiger partial charge >= 0.3 is 5.97 Å². The summed E-state index contributed by atoms with van der Waals surface area (Å²) in [6.45, 7) is 1.72. The van der Waals surface area contributed by atoms with Crippen LogP contribution < -0.4 is 0 Å². The van der Waals surface area contributed by atoms with Crippen LogP contribution in [0.3, 0.4) is 0 Å². The zero-order valence-corrected chi connectivity index (χ0v) is 13.4. The van der Waals surface area contributed by atoms with Gasteiger partial charge in [-0.15, -0.1) is 0 Å². The minimum atomic E-state index is -0.732. The van der Waals surface area contributed by atoms with Gasteiger partial charge in [-0.25, -0.2) is 4.98 Å². The molecule has 1 amide bonds. The summed E-state index contributed by atoms with van der Waals surface area (Å²) in [7, 11) is 0. The molecule has 7 heteroatoms. The minimum Gasteiger partial charge on any atom is -0.481 e. The molecule has 0 radical (unpaired) electrons. The highest BCUT2D eigenvalue weighted by Gasteiger charge is 2.46. The number of rotatable bonds is 7. The van der Waals surface area contributed by atoms with Gasteiger partial charge in [0.1, 0.15) is 12.7 Å². The number of aryl methyl sites for hydroxylation is 1. The van der Waals surface area contributed by atoms with Crippen molar-refractivity contribution in [3.8, 4) is 0 Å². The monoisotopic (exact) mass is 320 g/mol. The number of piperidine rings is 1. The number of carboxylic acid groups (broad SMARTS) is 1. The maximum Gasteiger partial charge on any atom is 0.311 e. The van der Waals surface area contributed by atoms with Crippen molar-refractivity contribution in [1.29, 1.82) is 0 Å². The van der Waals surface area contributed by atoms with Crippen LogP contribution >= 0.6 is 0 Å². The average Bonchev–Trinajstić information content (AvgIpc) is 3.19. The van der Waals surface area contributed by atoms with Crippen LogP contribution in [0.15, 0.2) is 12.7 Å². The maximum atomic E-state index is 12.4. The van der Waals surface area contributed by atoms with Crippen LogP contribution in [-0.4, -0.2) is 49.7 Å². The molecule has 1 unspecified atom stereocenters. The van der Waals surface area contributed by atoms with Crippen LogP contribution in [0.2, 0.25) is 0 Å². The molecule has 7 nitrogen and oxygen atoms in total. The summed E-state index contributed by atoms with van der Waals surface area (Å²) >= 11 is 0. The van der Waals surface area contributed by atoms with Crippen molar-refractivity contribution in [3.63, 3.8) is 0 Å². The molecule has 1 aromatic heterocycles. The summed E-state index contributed by atoms with van der Waals surface area (Å²) in [6.07, 6.45) is 8.73. The number of aliphatic carboxylic acids is 1. The van der Waals surface area contributed by atoms with Crippen molar-refractivity contribution >= 4 is 11.9 Å². The highest BCUT2D eigenvalue weighted by molar-refractivity contribution is 5.79. The van der Waals surface area contributed by atoms with E-state index in [1.807, 2.05) is 0 Å². The number of hydrogen-bond acceptors (Lipinski definition) is 4. The van der Waals surface area contributed by atoms with Crippen molar-refractivity contribution < 1.29 is 14.7 Å². The molecule has 0 aromatic carbocycles. The van der Waals surface area contributed by atoms with Crippen molar-refractivity contribution in [2.45, 2.75) is 51.5 Å². The molecule has 1 N–H and O–H groups in total. The summed E-state index contributed by atoms with van der Waals surface area (Å²) in [5.74, 6) is -0.121. The van der Waals surface area contributed by atoms with E-state index < -0.39 is 11.4 Å². The first-order chi connectivity index (χ1) is 11.1. The van der Waals surface area contributed by atoms with E-state index in [0.29, 0.717) is 44.8 Å². The van der Waals surface area contributed by atoms with Gasteiger partial charge in [-0.3, -0.25) is 14.3 Å². The Balaban J connectivity index is 1.53. The second-order valence-corrected chi connectivity index (χ2v) is 6.91. The fraction of sp³-hybridized carbons (Fsp3) is 0.750. The fourth-order valence-electron chi connectivity index (χ4n) is 3.55. The lowest BCUT2D eigenvalue weighted by molar-refractivity contribution is -0.156. The van der Waals surface area contributed by atoms with E-state index in [-0.39, 0.29) is 5.91 Å². The molecular weight excluding hydrogens is 296 g/mol. The molecule has 1 atom stereocenters. The molecule has 2 aliphatic rings. The first-order valence-corrected chi connectivity index (χ1v) is 8.43. The standard InChI is InChI=1S/C16H24N4O3/c21-14(3-1-8-20-12-17-11-18-20)19-7-2-6-16(10-19,15(22)23)9-13-4-5-13/h11-13H,1-10H2,(H,22,23). The summed E-state index contributed by atoms with van der Waals surface area (Å²) < 4.78 is 1.71. The number of amides is 1. The van der Waals surface area contributed by atoms with Crippen LogP contribution in [0.5, 0.6) is 0 Å². The number of nitrogens with zero attached hydrogens (tertiary/aromatic N) is 4. The number of carboxylic acids is 1. The second-order valence-electron chi connectivity index (χ2n) is 6.91. The largest absolute Gasteiger partial charge is 0.481 e. The average molecular weight is 320 g/mol. The zero-order valence-electron chi connectivity index (χ0n) is 13.4. The molecule has 1 saturated carbocycles. The number of aromatic nitrogens is 3. The van der Waals surface area contributed by atoms with Crippen LogP contribution in [0.4, 0.5) is 0 Å². The van der Waals surface area contributed by atoms with E-state index in [0.717, 1.165) is 25.7 Å². The summed E-state index contributed by atoms with van der Waals surface area (Å²) in [5, 5.41) is 13.7. The molecule has 2 heterocycles. The van der Waals surface area contributed by atoms with Gasteiger partial charge in [-0.1, -0.05) is 12.8 Å². The summed E-state index contributed by atoms with van der Waals surface area (Å²) in [4.78, 5) is 29.9. The normalized spacial score (nSPS) is 24.6. The van der Waals surface area contributed by atoms with Crippen LogP contribution in [-0.2, 0) is 16.1 Å². The minimum absolute atomic E-state index is 0.0613. The fourth-order valence-corrected chi connectivity index (χ4v) is 3.55. The summed E-state index contributed by atoms with van der Waals surface area (Å²) in [6, 6.07) is 0. The SMILES string of the molecule is O=C(CCCn1cncn1)N1CCCC(CC2CC2)(C(=O)O)C1. The lowest BCUT2D eigenvalue weighted by atomic mass is 9.75. The predicted molar refractivity (Wildman–Crippen MR) is 82.5 cm³/mol. The highest BCUT2D eigenvalue weighted by atomic mass is 16.4. The van der Waals surface area contributed by atoms with Crippen LogP contribution in [0.25, 0.3) is 0 Å². The quantitative estimate of drug-likeness (QED) is 0.823. The molecule has 2 fully saturated rings. The van der Waals surface area contributed by atoms with Gasteiger partial charge in [0, 0.05) is 26.1 Å². The van der Waals surface area contributed by atoms with Gasteiger partial charge in [0.15, 0.2) is 0 Å². The van der Waals surface area contributed by atoms with E-state index in [1.54, 1.807) is 15.9 Å². The van der Waals surface area contributed by atoms with Crippen molar-refractivity contribution in [1.82, 2.24) is 19.7 Å².